The molecular formula is C19H25F3N4S. The largest absolute Gasteiger partial charge is 0.418 e. The lowest BCUT2D eigenvalue weighted by Gasteiger charge is -2.26. The summed E-state index contributed by atoms with van der Waals surface area (Å²) in [6, 6.07) is 5.69. The lowest BCUT2D eigenvalue weighted by Crippen LogP contribution is -2.30. The Kier molecular flexibility index (Phi) is 6.81. The van der Waals surface area contributed by atoms with E-state index in [1.807, 2.05) is 0 Å². The molecule has 1 fully saturated rings. The van der Waals surface area contributed by atoms with E-state index in [1.54, 1.807) is 10.6 Å². The third kappa shape index (κ3) is 5.04. The van der Waals surface area contributed by atoms with Crippen molar-refractivity contribution in [2.45, 2.75) is 56.9 Å². The Balaban J connectivity index is 1.99. The highest BCUT2D eigenvalue weighted by Crippen LogP contribution is 2.36. The van der Waals surface area contributed by atoms with Gasteiger partial charge in [0.1, 0.15) is 0 Å². The van der Waals surface area contributed by atoms with Crippen molar-refractivity contribution in [1.29, 1.82) is 0 Å². The van der Waals surface area contributed by atoms with E-state index in [0.717, 1.165) is 50.6 Å². The molecule has 0 bridgehead atoms. The first kappa shape index (κ1) is 20.2. The number of hydrogen-bond acceptors (Lipinski definition) is 4. The van der Waals surface area contributed by atoms with Gasteiger partial charge < -0.3 is 0 Å². The van der Waals surface area contributed by atoms with Gasteiger partial charge in [-0.25, -0.2) is 0 Å². The maximum Gasteiger partial charge on any atom is 0.418 e. The molecule has 0 N–H and O–H groups in total. The van der Waals surface area contributed by atoms with E-state index >= 15 is 0 Å². The van der Waals surface area contributed by atoms with E-state index in [0.29, 0.717) is 17.5 Å². The highest BCUT2D eigenvalue weighted by Gasteiger charge is 2.35. The quantitative estimate of drug-likeness (QED) is 0.476. The van der Waals surface area contributed by atoms with Gasteiger partial charge in [-0.2, -0.15) is 13.2 Å². The highest BCUT2D eigenvalue weighted by atomic mass is 32.2. The van der Waals surface area contributed by atoms with E-state index in [9.17, 15) is 13.2 Å². The van der Waals surface area contributed by atoms with Gasteiger partial charge in [-0.3, -0.25) is 9.47 Å². The van der Waals surface area contributed by atoms with Crippen LogP contribution < -0.4 is 0 Å². The van der Waals surface area contributed by atoms with Crippen molar-refractivity contribution in [2.24, 2.45) is 0 Å². The summed E-state index contributed by atoms with van der Waals surface area (Å²) in [5.41, 5.74) is -0.539. The first-order valence-corrected chi connectivity index (χ1v) is 10.5. The van der Waals surface area contributed by atoms with Crippen molar-refractivity contribution >= 4 is 11.8 Å². The first-order chi connectivity index (χ1) is 13.0. The zero-order chi connectivity index (χ0) is 19.3. The molecule has 4 nitrogen and oxygen atoms in total. The molecule has 1 aliphatic heterocycles. The van der Waals surface area contributed by atoms with Gasteiger partial charge >= 0.3 is 6.18 Å². The van der Waals surface area contributed by atoms with Crippen LogP contribution in [-0.2, 0) is 12.7 Å². The van der Waals surface area contributed by atoms with Crippen LogP contribution in [0.4, 0.5) is 13.2 Å². The minimum atomic E-state index is -4.42. The van der Waals surface area contributed by atoms with E-state index < -0.39 is 11.7 Å². The fraction of sp³-hybridized carbons (Fsp3) is 0.579. The Hall–Kier alpha value is -1.54. The molecule has 1 aromatic heterocycles. The summed E-state index contributed by atoms with van der Waals surface area (Å²) >= 11 is 1.47. The first-order valence-electron chi connectivity index (χ1n) is 9.46. The summed E-state index contributed by atoms with van der Waals surface area (Å²) in [5.74, 6) is 1.39. The highest BCUT2D eigenvalue weighted by molar-refractivity contribution is 7.99. The molecule has 0 spiro atoms. The fourth-order valence-electron chi connectivity index (χ4n) is 3.27. The van der Waals surface area contributed by atoms with Crippen LogP contribution in [-0.4, -0.2) is 38.5 Å². The third-order valence-electron chi connectivity index (χ3n) is 4.69. The van der Waals surface area contributed by atoms with Gasteiger partial charge in [-0.05, 0) is 44.5 Å². The molecule has 2 aromatic rings. The number of piperidine rings is 1. The Morgan fingerprint density at radius 3 is 2.52 bits per heavy atom. The molecule has 1 aromatic carbocycles. The third-order valence-corrected chi connectivity index (χ3v) is 5.71. The zero-order valence-corrected chi connectivity index (χ0v) is 16.3. The summed E-state index contributed by atoms with van der Waals surface area (Å²) in [7, 11) is 0. The van der Waals surface area contributed by atoms with Gasteiger partial charge in [-0.1, -0.05) is 43.7 Å². The van der Waals surface area contributed by atoms with Gasteiger partial charge in [-0.15, -0.1) is 10.2 Å². The number of aromatic nitrogens is 3. The Labute approximate surface area is 162 Å². The van der Waals surface area contributed by atoms with Crippen molar-refractivity contribution in [3.05, 3.63) is 35.7 Å². The summed E-state index contributed by atoms with van der Waals surface area (Å²) in [5, 5.41) is 9.04. The summed E-state index contributed by atoms with van der Waals surface area (Å²) in [4.78, 5) is 2.25. The van der Waals surface area contributed by atoms with Gasteiger partial charge in [0.15, 0.2) is 11.0 Å². The van der Waals surface area contributed by atoms with E-state index in [-0.39, 0.29) is 5.69 Å². The van der Waals surface area contributed by atoms with Gasteiger partial charge in [0.25, 0.3) is 0 Å². The normalized spacial score (nSPS) is 16.0. The summed E-state index contributed by atoms with van der Waals surface area (Å²) < 4.78 is 42.4. The molecule has 0 saturated carbocycles. The molecule has 8 heteroatoms. The molecule has 1 saturated heterocycles. The Bertz CT molecular complexity index is 739. The van der Waals surface area contributed by atoms with Gasteiger partial charge in [0, 0.05) is 5.75 Å². The van der Waals surface area contributed by atoms with E-state index in [2.05, 4.69) is 22.0 Å². The molecule has 0 radical (unpaired) electrons. The Morgan fingerprint density at radius 1 is 1.07 bits per heavy atom. The van der Waals surface area contributed by atoms with Crippen molar-refractivity contribution in [1.82, 2.24) is 19.7 Å². The monoisotopic (exact) mass is 398 g/mol. The average molecular weight is 398 g/mol. The number of nitrogens with zero attached hydrogens (tertiary/aromatic N) is 4. The van der Waals surface area contributed by atoms with Crippen molar-refractivity contribution < 1.29 is 13.2 Å². The zero-order valence-electron chi connectivity index (χ0n) is 15.5. The second-order valence-corrected chi connectivity index (χ2v) is 7.85. The maximum atomic E-state index is 13.6. The molecule has 1 aliphatic rings. The lowest BCUT2D eigenvalue weighted by molar-refractivity contribution is -0.137. The number of rotatable bonds is 7. The van der Waals surface area contributed by atoms with Gasteiger partial charge in [0.2, 0.25) is 0 Å². The van der Waals surface area contributed by atoms with Crippen molar-refractivity contribution in [3.8, 4) is 5.69 Å². The second-order valence-electron chi connectivity index (χ2n) is 6.79. The maximum absolute atomic E-state index is 13.6. The van der Waals surface area contributed by atoms with Crippen LogP contribution in [0.15, 0.2) is 29.4 Å². The van der Waals surface area contributed by atoms with Crippen LogP contribution in [0.25, 0.3) is 5.69 Å². The minimum absolute atomic E-state index is 0.112. The van der Waals surface area contributed by atoms with Crippen molar-refractivity contribution in [2.75, 3.05) is 18.8 Å². The molecule has 3 rings (SSSR count). The van der Waals surface area contributed by atoms with Crippen LogP contribution in [0.5, 0.6) is 0 Å². The van der Waals surface area contributed by atoms with Gasteiger partial charge in [0.05, 0.1) is 17.8 Å². The average Bonchev–Trinajstić information content (AvgIpc) is 3.04. The summed E-state index contributed by atoms with van der Waals surface area (Å²) in [6.07, 6.45) is 1.03. The standard InChI is InChI=1S/C19H25F3N4S/c1-2-3-13-27-18-24-23-17(14-25-11-7-4-8-12-25)26(18)16-10-6-5-9-15(16)19(20,21)22/h5-6,9-10H,2-4,7-8,11-14H2,1H3. The van der Waals surface area contributed by atoms with Crippen LogP contribution in [0.2, 0.25) is 0 Å². The Morgan fingerprint density at radius 2 is 1.81 bits per heavy atom. The van der Waals surface area contributed by atoms with Crippen LogP contribution in [0, 0.1) is 0 Å². The van der Waals surface area contributed by atoms with E-state index in [4.69, 9.17) is 0 Å². The second kappa shape index (κ2) is 9.10. The molecule has 0 unspecified atom stereocenters. The molecule has 2 heterocycles. The van der Waals surface area contributed by atoms with Crippen molar-refractivity contribution in [3.63, 3.8) is 0 Å². The molecular weight excluding hydrogens is 373 g/mol. The predicted octanol–water partition coefficient (Wildman–Crippen LogP) is 5.16. The number of benzene rings is 1. The van der Waals surface area contributed by atoms with E-state index in [1.165, 1.54) is 30.3 Å². The van der Waals surface area contributed by atoms with Crippen LogP contribution in [0.1, 0.15) is 50.4 Å². The molecule has 0 atom stereocenters. The number of para-hydroxylation sites is 1. The fourth-order valence-corrected chi connectivity index (χ4v) is 4.32. The number of thioether (sulfide) groups is 1. The number of likely N-dealkylation sites (tertiary alicyclic amines) is 1. The van der Waals surface area contributed by atoms with Crippen LogP contribution in [0.3, 0.4) is 0 Å². The molecule has 148 valence electrons. The number of hydrogen-bond donors (Lipinski definition) is 0. The summed E-state index contributed by atoms with van der Waals surface area (Å²) in [6.45, 7) is 4.51. The molecule has 0 aliphatic carbocycles. The number of alkyl halides is 3. The SMILES string of the molecule is CCCCSc1nnc(CN2CCCCC2)n1-c1ccccc1C(F)(F)F. The molecule has 0 amide bonds. The minimum Gasteiger partial charge on any atom is -0.296 e. The topological polar surface area (TPSA) is 34.0 Å². The lowest BCUT2D eigenvalue weighted by atomic mass is 10.1. The van der Waals surface area contributed by atoms with Crippen LogP contribution >= 0.6 is 11.8 Å². The number of halogens is 3. The smallest absolute Gasteiger partial charge is 0.296 e. The molecule has 27 heavy (non-hydrogen) atoms. The number of unbranched alkanes of at least 4 members (excludes halogenated alkanes) is 1. The predicted molar refractivity (Wildman–Crippen MR) is 101 cm³/mol.